The van der Waals surface area contributed by atoms with E-state index in [4.69, 9.17) is 14.9 Å². The number of rotatable bonds is 1. The third-order valence-electron chi connectivity index (χ3n) is 1.66. The summed E-state index contributed by atoms with van der Waals surface area (Å²) in [6.45, 7) is -0.0367. The Balaban J connectivity index is 2.42. The molecule has 1 heterocycles. The van der Waals surface area contributed by atoms with Gasteiger partial charge in [0.15, 0.2) is 0 Å². The van der Waals surface area contributed by atoms with Gasteiger partial charge in [0.25, 0.3) is 0 Å². The van der Waals surface area contributed by atoms with Crippen LogP contribution >= 0.6 is 0 Å². The van der Waals surface area contributed by atoms with Crippen LogP contribution in [0.15, 0.2) is 0 Å². The predicted octanol–water partition coefficient (Wildman–Crippen LogP) is -0.533. The highest BCUT2D eigenvalue weighted by molar-refractivity contribution is 4.80. The first-order chi connectivity index (χ1) is 4.75. The van der Waals surface area contributed by atoms with Crippen molar-refractivity contribution in [1.29, 1.82) is 0 Å². The van der Waals surface area contributed by atoms with Gasteiger partial charge in [-0.2, -0.15) is 0 Å². The first-order valence-corrected chi connectivity index (χ1v) is 3.30. The van der Waals surface area contributed by atoms with Crippen LogP contribution in [0.1, 0.15) is 6.42 Å². The third-order valence-corrected chi connectivity index (χ3v) is 1.66. The SMILES string of the molecule is OCC1OCC[C@@H](F)[C@@H]1O. The van der Waals surface area contributed by atoms with Crippen LogP contribution in [0.4, 0.5) is 4.39 Å². The van der Waals surface area contributed by atoms with Crippen molar-refractivity contribution in [2.75, 3.05) is 13.2 Å². The van der Waals surface area contributed by atoms with Crippen LogP contribution in [0.3, 0.4) is 0 Å². The second kappa shape index (κ2) is 3.27. The Bertz CT molecular complexity index is 109. The predicted molar refractivity (Wildman–Crippen MR) is 32.3 cm³/mol. The van der Waals surface area contributed by atoms with E-state index in [1.165, 1.54) is 0 Å². The standard InChI is InChI=1S/C6H11FO3/c7-4-1-2-10-5(3-8)6(4)9/h4-6,8-9H,1-3H2/t4-,5?,6+/m1/s1. The number of hydrogen-bond acceptors (Lipinski definition) is 3. The number of ether oxygens (including phenoxy) is 1. The van der Waals surface area contributed by atoms with E-state index >= 15 is 0 Å². The molecule has 3 atom stereocenters. The fourth-order valence-electron chi connectivity index (χ4n) is 0.995. The highest BCUT2D eigenvalue weighted by atomic mass is 19.1. The Morgan fingerprint density at radius 2 is 2.30 bits per heavy atom. The lowest BCUT2D eigenvalue weighted by Gasteiger charge is -2.29. The molecule has 0 aliphatic carbocycles. The van der Waals surface area contributed by atoms with Crippen LogP contribution in [-0.2, 0) is 4.74 Å². The van der Waals surface area contributed by atoms with Crippen molar-refractivity contribution in [2.45, 2.75) is 24.8 Å². The first-order valence-electron chi connectivity index (χ1n) is 3.30. The monoisotopic (exact) mass is 150 g/mol. The van der Waals surface area contributed by atoms with E-state index in [2.05, 4.69) is 0 Å². The molecule has 1 fully saturated rings. The van der Waals surface area contributed by atoms with Gasteiger partial charge in [0.05, 0.1) is 13.2 Å². The van der Waals surface area contributed by atoms with Crippen molar-refractivity contribution in [3.8, 4) is 0 Å². The zero-order valence-corrected chi connectivity index (χ0v) is 5.53. The minimum absolute atomic E-state index is 0.220. The van der Waals surface area contributed by atoms with Gasteiger partial charge >= 0.3 is 0 Å². The highest BCUT2D eigenvalue weighted by Gasteiger charge is 2.31. The molecule has 0 radical (unpaired) electrons. The topological polar surface area (TPSA) is 49.7 Å². The average Bonchev–Trinajstić information content (AvgIpc) is 1.95. The molecule has 2 N–H and O–H groups in total. The molecule has 0 spiro atoms. The number of aliphatic hydroxyl groups is 2. The molecule has 0 amide bonds. The molecule has 1 saturated heterocycles. The fraction of sp³-hybridized carbons (Fsp3) is 1.00. The van der Waals surface area contributed by atoms with Crippen LogP contribution in [0.2, 0.25) is 0 Å². The van der Waals surface area contributed by atoms with E-state index in [-0.39, 0.29) is 19.6 Å². The summed E-state index contributed by atoms with van der Waals surface area (Å²) >= 11 is 0. The fourth-order valence-corrected chi connectivity index (χ4v) is 0.995. The maximum absolute atomic E-state index is 12.6. The van der Waals surface area contributed by atoms with Crippen molar-refractivity contribution in [2.24, 2.45) is 0 Å². The first kappa shape index (κ1) is 7.91. The summed E-state index contributed by atoms with van der Waals surface area (Å²) < 4.78 is 17.4. The van der Waals surface area contributed by atoms with Crippen LogP contribution in [0, 0.1) is 0 Å². The molecule has 1 aliphatic heterocycles. The van der Waals surface area contributed by atoms with E-state index in [1.807, 2.05) is 0 Å². The third kappa shape index (κ3) is 1.45. The van der Waals surface area contributed by atoms with Crippen LogP contribution in [0.5, 0.6) is 0 Å². The maximum Gasteiger partial charge on any atom is 0.131 e. The summed E-state index contributed by atoms with van der Waals surface area (Å²) in [5.41, 5.74) is 0. The van der Waals surface area contributed by atoms with Gasteiger partial charge in [-0.3, -0.25) is 0 Å². The quantitative estimate of drug-likeness (QED) is 0.528. The molecule has 1 unspecified atom stereocenters. The Morgan fingerprint density at radius 1 is 1.60 bits per heavy atom. The van der Waals surface area contributed by atoms with Gasteiger partial charge in [-0.05, 0) is 0 Å². The normalized spacial score (nSPS) is 41.7. The maximum atomic E-state index is 12.6. The number of halogens is 1. The van der Waals surface area contributed by atoms with Gasteiger partial charge in [0.2, 0.25) is 0 Å². The van der Waals surface area contributed by atoms with E-state index in [0.717, 1.165) is 0 Å². The molecule has 0 saturated carbocycles. The molecular formula is C6H11FO3. The van der Waals surface area contributed by atoms with E-state index in [0.29, 0.717) is 0 Å². The molecule has 0 aromatic rings. The lowest BCUT2D eigenvalue weighted by molar-refractivity contribution is -0.127. The molecule has 0 aromatic carbocycles. The van der Waals surface area contributed by atoms with E-state index in [9.17, 15) is 4.39 Å². The minimum Gasteiger partial charge on any atom is -0.394 e. The van der Waals surface area contributed by atoms with Gasteiger partial charge in [-0.15, -0.1) is 0 Å². The molecule has 1 rings (SSSR count). The van der Waals surface area contributed by atoms with Gasteiger partial charge in [0.1, 0.15) is 18.4 Å². The second-order valence-electron chi connectivity index (χ2n) is 2.39. The summed E-state index contributed by atoms with van der Waals surface area (Å²) in [7, 11) is 0. The Kier molecular flexibility index (Phi) is 2.59. The summed E-state index contributed by atoms with van der Waals surface area (Å²) in [6, 6.07) is 0. The summed E-state index contributed by atoms with van der Waals surface area (Å²) in [5, 5.41) is 17.5. The molecule has 4 heteroatoms. The van der Waals surface area contributed by atoms with Crippen molar-refractivity contribution < 1.29 is 19.3 Å². The zero-order chi connectivity index (χ0) is 7.56. The number of hydrogen-bond donors (Lipinski definition) is 2. The lowest BCUT2D eigenvalue weighted by atomic mass is 10.0. The lowest BCUT2D eigenvalue weighted by Crippen LogP contribution is -2.44. The Morgan fingerprint density at radius 3 is 2.80 bits per heavy atom. The average molecular weight is 150 g/mol. The van der Waals surface area contributed by atoms with Crippen molar-refractivity contribution in [3.63, 3.8) is 0 Å². The molecule has 60 valence electrons. The molecule has 10 heavy (non-hydrogen) atoms. The summed E-state index contributed by atoms with van der Waals surface area (Å²) in [6.07, 6.45) is -2.91. The second-order valence-corrected chi connectivity index (χ2v) is 2.39. The smallest absolute Gasteiger partial charge is 0.131 e. The molecular weight excluding hydrogens is 139 g/mol. The molecule has 0 bridgehead atoms. The number of aliphatic hydroxyl groups excluding tert-OH is 2. The van der Waals surface area contributed by atoms with E-state index < -0.39 is 18.4 Å². The van der Waals surface area contributed by atoms with Gasteiger partial charge in [-0.25, -0.2) is 4.39 Å². The van der Waals surface area contributed by atoms with Gasteiger partial charge in [0, 0.05) is 6.42 Å². The van der Waals surface area contributed by atoms with Crippen molar-refractivity contribution in [3.05, 3.63) is 0 Å². The molecule has 3 nitrogen and oxygen atoms in total. The van der Waals surface area contributed by atoms with Crippen LogP contribution in [0.25, 0.3) is 0 Å². The van der Waals surface area contributed by atoms with Gasteiger partial charge < -0.3 is 14.9 Å². The largest absolute Gasteiger partial charge is 0.394 e. The number of alkyl halides is 1. The van der Waals surface area contributed by atoms with Crippen LogP contribution < -0.4 is 0 Å². The minimum atomic E-state index is -1.24. The van der Waals surface area contributed by atoms with Crippen molar-refractivity contribution in [1.82, 2.24) is 0 Å². The summed E-state index contributed by atoms with van der Waals surface area (Å²) in [5.74, 6) is 0. The highest BCUT2D eigenvalue weighted by Crippen LogP contribution is 2.16. The Hall–Kier alpha value is -0.190. The zero-order valence-electron chi connectivity index (χ0n) is 5.53. The van der Waals surface area contributed by atoms with Crippen molar-refractivity contribution >= 4 is 0 Å². The Labute approximate surface area is 58.4 Å². The molecule has 0 aromatic heterocycles. The molecule has 1 aliphatic rings. The van der Waals surface area contributed by atoms with Crippen LogP contribution in [-0.4, -0.2) is 41.8 Å². The van der Waals surface area contributed by atoms with E-state index in [1.54, 1.807) is 0 Å². The van der Waals surface area contributed by atoms with Gasteiger partial charge in [-0.1, -0.05) is 0 Å². The summed E-state index contributed by atoms with van der Waals surface area (Å²) in [4.78, 5) is 0.